The zero-order valence-electron chi connectivity index (χ0n) is 14.4. The van der Waals surface area contributed by atoms with Gasteiger partial charge < -0.3 is 14.8 Å². The molecule has 138 valence electrons. The minimum atomic E-state index is -0.576. The second-order valence-electron chi connectivity index (χ2n) is 5.94. The van der Waals surface area contributed by atoms with Gasteiger partial charge in [-0.25, -0.2) is 8.78 Å². The number of hydrogen-bond acceptors (Lipinski definition) is 4. The van der Waals surface area contributed by atoms with E-state index in [2.05, 4.69) is 5.32 Å². The van der Waals surface area contributed by atoms with Crippen LogP contribution in [0.4, 0.5) is 14.5 Å². The summed E-state index contributed by atoms with van der Waals surface area (Å²) in [7, 11) is 0. The predicted molar refractivity (Wildman–Crippen MR) is 93.1 cm³/mol. The molecule has 1 heterocycles. The van der Waals surface area contributed by atoms with E-state index in [9.17, 15) is 13.6 Å². The number of rotatable bonds is 7. The highest BCUT2D eigenvalue weighted by Crippen LogP contribution is 2.34. The lowest BCUT2D eigenvalue weighted by atomic mass is 10.1. The number of nitrogens with zero attached hydrogens (tertiary/aromatic N) is 1. The first-order chi connectivity index (χ1) is 12.6. The summed E-state index contributed by atoms with van der Waals surface area (Å²) >= 11 is 0. The molecule has 0 radical (unpaired) electrons. The number of halogens is 2. The lowest BCUT2D eigenvalue weighted by Crippen LogP contribution is -2.28. The van der Waals surface area contributed by atoms with Gasteiger partial charge in [0, 0.05) is 36.8 Å². The third-order valence-corrected chi connectivity index (χ3v) is 4.20. The molecule has 0 aliphatic carbocycles. The van der Waals surface area contributed by atoms with Gasteiger partial charge >= 0.3 is 0 Å². The Kier molecular flexibility index (Phi) is 5.68. The number of fused-ring (bicyclic) bond motifs is 1. The highest BCUT2D eigenvalue weighted by atomic mass is 19.1. The monoisotopic (exact) mass is 362 g/mol. The number of carbonyl (C=O) groups is 1. The minimum absolute atomic E-state index is 0.0190. The molecule has 0 fully saturated rings. The van der Waals surface area contributed by atoms with Crippen LogP contribution in [0.1, 0.15) is 18.9 Å². The fourth-order valence-electron chi connectivity index (χ4n) is 2.71. The van der Waals surface area contributed by atoms with Crippen molar-refractivity contribution < 1.29 is 23.0 Å². The van der Waals surface area contributed by atoms with Crippen LogP contribution < -0.4 is 14.8 Å². The Labute approximate surface area is 150 Å². The average Bonchev–Trinajstić information content (AvgIpc) is 3.08. The van der Waals surface area contributed by atoms with Gasteiger partial charge in [-0.05, 0) is 30.8 Å². The number of hydrogen-bond donors (Lipinski definition) is 1. The van der Waals surface area contributed by atoms with Crippen molar-refractivity contribution in [2.24, 2.45) is 0 Å². The fraction of sp³-hybridized carbons (Fsp3) is 0.316. The summed E-state index contributed by atoms with van der Waals surface area (Å²) in [5.74, 6) is -0.0991. The van der Waals surface area contributed by atoms with Crippen molar-refractivity contribution in [2.75, 3.05) is 25.2 Å². The minimum Gasteiger partial charge on any atom is -0.454 e. The summed E-state index contributed by atoms with van der Waals surface area (Å²) in [6, 6.07) is 8.97. The SMILES string of the molecule is CCN(CCC(=O)Nc1ccc2c(c1)OCO2)Cc1c(F)cccc1F. The van der Waals surface area contributed by atoms with E-state index < -0.39 is 11.6 Å². The van der Waals surface area contributed by atoms with Crippen LogP contribution in [0.3, 0.4) is 0 Å². The number of anilines is 1. The molecule has 1 aliphatic rings. The standard InChI is InChI=1S/C19H20F2N2O3/c1-2-23(11-14-15(20)4-3-5-16(14)21)9-8-19(24)22-13-6-7-17-18(10-13)26-12-25-17/h3-7,10H,2,8-9,11-12H2,1H3,(H,22,24). The Morgan fingerprint density at radius 3 is 2.62 bits per heavy atom. The van der Waals surface area contributed by atoms with E-state index in [0.717, 1.165) is 0 Å². The van der Waals surface area contributed by atoms with Crippen LogP contribution in [0, 0.1) is 11.6 Å². The van der Waals surface area contributed by atoms with E-state index in [1.54, 1.807) is 18.2 Å². The molecular weight excluding hydrogens is 342 g/mol. The lowest BCUT2D eigenvalue weighted by Gasteiger charge is -2.20. The third kappa shape index (κ3) is 4.29. The van der Waals surface area contributed by atoms with E-state index in [4.69, 9.17) is 9.47 Å². The Bertz CT molecular complexity index is 778. The van der Waals surface area contributed by atoms with Crippen LogP contribution in [0.5, 0.6) is 11.5 Å². The van der Waals surface area contributed by atoms with Crippen molar-refractivity contribution in [3.05, 3.63) is 53.6 Å². The highest BCUT2D eigenvalue weighted by Gasteiger charge is 2.16. The molecule has 1 aliphatic heterocycles. The predicted octanol–water partition coefficient (Wildman–Crippen LogP) is 3.54. The molecule has 7 heteroatoms. The third-order valence-electron chi connectivity index (χ3n) is 4.20. The molecule has 26 heavy (non-hydrogen) atoms. The molecule has 1 N–H and O–H groups in total. The number of amides is 1. The molecule has 2 aromatic carbocycles. The first kappa shape index (κ1) is 18.1. The van der Waals surface area contributed by atoms with Crippen molar-refractivity contribution >= 4 is 11.6 Å². The second kappa shape index (κ2) is 8.14. The summed E-state index contributed by atoms with van der Waals surface area (Å²) in [4.78, 5) is 14.0. The highest BCUT2D eigenvalue weighted by molar-refractivity contribution is 5.91. The van der Waals surface area contributed by atoms with Crippen LogP contribution in [0.15, 0.2) is 36.4 Å². The Morgan fingerprint density at radius 1 is 1.15 bits per heavy atom. The molecule has 0 saturated heterocycles. The zero-order valence-corrected chi connectivity index (χ0v) is 14.4. The van der Waals surface area contributed by atoms with E-state index in [0.29, 0.717) is 30.3 Å². The molecule has 0 saturated carbocycles. The van der Waals surface area contributed by atoms with Crippen molar-refractivity contribution in [1.29, 1.82) is 0 Å². The van der Waals surface area contributed by atoms with Gasteiger partial charge in [-0.15, -0.1) is 0 Å². The number of carbonyl (C=O) groups excluding carboxylic acids is 1. The van der Waals surface area contributed by atoms with Gasteiger partial charge in [0.2, 0.25) is 12.7 Å². The van der Waals surface area contributed by atoms with Crippen molar-refractivity contribution in [2.45, 2.75) is 19.9 Å². The van der Waals surface area contributed by atoms with E-state index in [1.165, 1.54) is 18.2 Å². The van der Waals surface area contributed by atoms with Crippen LogP contribution in [-0.2, 0) is 11.3 Å². The van der Waals surface area contributed by atoms with Crippen LogP contribution in [-0.4, -0.2) is 30.7 Å². The molecule has 5 nitrogen and oxygen atoms in total. The van der Waals surface area contributed by atoms with Crippen molar-refractivity contribution in [3.63, 3.8) is 0 Å². The zero-order chi connectivity index (χ0) is 18.5. The molecule has 0 bridgehead atoms. The van der Waals surface area contributed by atoms with Crippen molar-refractivity contribution in [1.82, 2.24) is 4.90 Å². The quantitative estimate of drug-likeness (QED) is 0.819. The normalized spacial score (nSPS) is 12.5. The molecule has 3 rings (SSSR count). The molecule has 0 unspecified atom stereocenters. The molecule has 1 amide bonds. The topological polar surface area (TPSA) is 50.8 Å². The van der Waals surface area contributed by atoms with Gasteiger partial charge in [0.1, 0.15) is 11.6 Å². The lowest BCUT2D eigenvalue weighted by molar-refractivity contribution is -0.116. The molecule has 0 aromatic heterocycles. The maximum atomic E-state index is 13.8. The Morgan fingerprint density at radius 2 is 1.88 bits per heavy atom. The smallest absolute Gasteiger partial charge is 0.231 e. The van der Waals surface area contributed by atoms with E-state index >= 15 is 0 Å². The largest absolute Gasteiger partial charge is 0.454 e. The molecule has 0 atom stereocenters. The van der Waals surface area contributed by atoms with Gasteiger partial charge in [0.05, 0.1) is 0 Å². The van der Waals surface area contributed by atoms with Crippen LogP contribution in [0.25, 0.3) is 0 Å². The first-order valence-corrected chi connectivity index (χ1v) is 8.41. The molecule has 0 spiro atoms. The Hall–Kier alpha value is -2.67. The van der Waals surface area contributed by atoms with E-state index in [-0.39, 0.29) is 31.2 Å². The number of nitrogens with one attached hydrogen (secondary N) is 1. The van der Waals surface area contributed by atoms with Crippen LogP contribution in [0.2, 0.25) is 0 Å². The Balaban J connectivity index is 1.54. The summed E-state index contributed by atoms with van der Waals surface area (Å²) in [5.41, 5.74) is 0.632. The summed E-state index contributed by atoms with van der Waals surface area (Å²) in [6.07, 6.45) is 0.207. The number of ether oxygens (including phenoxy) is 2. The van der Waals surface area contributed by atoms with Crippen molar-refractivity contribution in [3.8, 4) is 11.5 Å². The summed E-state index contributed by atoms with van der Waals surface area (Å²) in [5, 5.41) is 2.79. The van der Waals surface area contributed by atoms with Gasteiger partial charge in [0.25, 0.3) is 0 Å². The van der Waals surface area contributed by atoms with Crippen LogP contribution >= 0.6 is 0 Å². The molecular formula is C19H20F2N2O3. The maximum absolute atomic E-state index is 13.8. The van der Waals surface area contributed by atoms with Gasteiger partial charge in [-0.3, -0.25) is 9.69 Å². The summed E-state index contributed by atoms with van der Waals surface area (Å²) < 4.78 is 38.0. The van der Waals surface area contributed by atoms with Gasteiger partial charge in [-0.1, -0.05) is 13.0 Å². The number of benzene rings is 2. The average molecular weight is 362 g/mol. The van der Waals surface area contributed by atoms with Gasteiger partial charge in [-0.2, -0.15) is 0 Å². The van der Waals surface area contributed by atoms with E-state index in [1.807, 2.05) is 11.8 Å². The van der Waals surface area contributed by atoms with Gasteiger partial charge in [0.15, 0.2) is 11.5 Å². The fourth-order valence-corrected chi connectivity index (χ4v) is 2.71. The summed E-state index contributed by atoms with van der Waals surface area (Å²) in [6.45, 7) is 3.14. The molecule has 2 aromatic rings. The second-order valence-corrected chi connectivity index (χ2v) is 5.94. The maximum Gasteiger partial charge on any atom is 0.231 e. The first-order valence-electron chi connectivity index (χ1n) is 8.41.